The van der Waals surface area contributed by atoms with Gasteiger partial charge in [-0.15, -0.1) is 0 Å². The molecule has 1 unspecified atom stereocenters. The van der Waals surface area contributed by atoms with E-state index >= 15 is 0 Å². The largest absolute Gasteiger partial charge is 0.382 e. The van der Waals surface area contributed by atoms with Gasteiger partial charge in [-0.3, -0.25) is 5.32 Å². The molecule has 2 N–H and O–H groups in total. The number of ether oxygens (including phenoxy) is 1. The van der Waals surface area contributed by atoms with Crippen LogP contribution in [0.2, 0.25) is 0 Å². The summed E-state index contributed by atoms with van der Waals surface area (Å²) in [6, 6.07) is 10.9. The number of hydrogen-bond donors (Lipinski definition) is 2. The molecule has 0 aliphatic carbocycles. The van der Waals surface area contributed by atoms with Crippen LogP contribution in [0, 0.1) is 6.92 Å². The Hall–Kier alpha value is -2.34. The van der Waals surface area contributed by atoms with Gasteiger partial charge in [-0.2, -0.15) is 0 Å². The molecule has 0 aliphatic rings. The average molecular weight is 289 g/mol. The number of benzene rings is 1. The number of anilines is 1. The lowest BCUT2D eigenvalue weighted by atomic mass is 9.93. The molecule has 6 nitrogen and oxygen atoms in total. The number of aromatic nitrogens is 1. The molecule has 6 heteroatoms. The van der Waals surface area contributed by atoms with E-state index in [1.54, 1.807) is 20.1 Å². The minimum atomic E-state index is -0.640. The Bertz CT molecular complexity index is 597. The first kappa shape index (κ1) is 15.1. The van der Waals surface area contributed by atoms with Crippen molar-refractivity contribution in [3.8, 4) is 0 Å². The van der Waals surface area contributed by atoms with Gasteiger partial charge in [-0.1, -0.05) is 35.5 Å². The second-order valence-electron chi connectivity index (χ2n) is 5.03. The summed E-state index contributed by atoms with van der Waals surface area (Å²) < 4.78 is 10.2. The van der Waals surface area contributed by atoms with Gasteiger partial charge in [0, 0.05) is 13.2 Å². The number of amides is 2. The number of methoxy groups -OCH3 is 1. The second kappa shape index (κ2) is 6.41. The normalized spacial score (nSPS) is 13.5. The minimum absolute atomic E-state index is 0.349. The van der Waals surface area contributed by atoms with Crippen LogP contribution >= 0.6 is 0 Å². The van der Waals surface area contributed by atoms with Crippen LogP contribution in [-0.4, -0.2) is 24.9 Å². The summed E-state index contributed by atoms with van der Waals surface area (Å²) in [4.78, 5) is 12.1. The number of carbonyl (C=O) groups excluding carboxylic acids is 1. The van der Waals surface area contributed by atoms with Crippen LogP contribution in [0.3, 0.4) is 0 Å². The number of urea groups is 1. The third kappa shape index (κ3) is 3.82. The second-order valence-corrected chi connectivity index (χ2v) is 5.03. The van der Waals surface area contributed by atoms with Crippen molar-refractivity contribution in [2.75, 3.05) is 19.0 Å². The van der Waals surface area contributed by atoms with Crippen LogP contribution in [-0.2, 0) is 10.3 Å². The lowest BCUT2D eigenvalue weighted by Gasteiger charge is -2.30. The molecule has 0 fully saturated rings. The lowest BCUT2D eigenvalue weighted by molar-refractivity contribution is 0.123. The van der Waals surface area contributed by atoms with E-state index in [1.165, 1.54) is 0 Å². The van der Waals surface area contributed by atoms with E-state index in [4.69, 9.17) is 9.26 Å². The molecule has 1 atom stereocenters. The van der Waals surface area contributed by atoms with Crippen molar-refractivity contribution < 1.29 is 14.1 Å². The van der Waals surface area contributed by atoms with E-state index in [0.29, 0.717) is 18.2 Å². The highest BCUT2D eigenvalue weighted by atomic mass is 16.5. The molecule has 112 valence electrons. The molecule has 0 bridgehead atoms. The van der Waals surface area contributed by atoms with Gasteiger partial charge in [0.05, 0.1) is 12.1 Å². The molecular weight excluding hydrogens is 270 g/mol. The Morgan fingerprint density at radius 3 is 2.67 bits per heavy atom. The van der Waals surface area contributed by atoms with Crippen LogP contribution in [0.4, 0.5) is 10.6 Å². The Morgan fingerprint density at radius 2 is 2.10 bits per heavy atom. The Balaban J connectivity index is 2.10. The zero-order chi connectivity index (χ0) is 15.3. The summed E-state index contributed by atoms with van der Waals surface area (Å²) in [5.74, 6) is 1.01. The maximum atomic E-state index is 12.1. The molecule has 0 saturated heterocycles. The highest BCUT2D eigenvalue weighted by molar-refractivity contribution is 5.88. The zero-order valence-corrected chi connectivity index (χ0v) is 12.3. The maximum absolute atomic E-state index is 12.1. The van der Waals surface area contributed by atoms with Gasteiger partial charge in [0.2, 0.25) is 0 Å². The quantitative estimate of drug-likeness (QED) is 0.887. The molecule has 2 aromatic rings. The van der Waals surface area contributed by atoms with Crippen LogP contribution in [0.25, 0.3) is 0 Å². The van der Waals surface area contributed by atoms with Crippen molar-refractivity contribution in [1.82, 2.24) is 10.5 Å². The molecule has 0 saturated carbocycles. The monoisotopic (exact) mass is 289 g/mol. The first-order chi connectivity index (χ1) is 10.0. The topological polar surface area (TPSA) is 76.4 Å². The number of rotatable bonds is 5. The van der Waals surface area contributed by atoms with Gasteiger partial charge >= 0.3 is 6.03 Å². The summed E-state index contributed by atoms with van der Waals surface area (Å²) in [5, 5.41) is 9.27. The fourth-order valence-electron chi connectivity index (χ4n) is 2.11. The van der Waals surface area contributed by atoms with Crippen molar-refractivity contribution in [2.24, 2.45) is 0 Å². The van der Waals surface area contributed by atoms with Gasteiger partial charge in [-0.25, -0.2) is 4.79 Å². The number of nitrogens with zero attached hydrogens (tertiary/aromatic N) is 1. The molecule has 2 rings (SSSR count). The summed E-state index contributed by atoms with van der Waals surface area (Å²) in [6.07, 6.45) is 0. The number of aryl methyl sites for hydroxylation is 1. The standard InChI is InChI=1S/C15H19N3O3/c1-11-9-13(18-21-11)16-14(19)17-15(2,10-20-3)12-7-5-4-6-8-12/h4-9H,10H2,1-3H3,(H2,16,17,18,19). The molecule has 2 amide bonds. The SMILES string of the molecule is COCC(C)(NC(=O)Nc1cc(C)on1)c1ccccc1. The zero-order valence-electron chi connectivity index (χ0n) is 12.3. The third-order valence-corrected chi connectivity index (χ3v) is 3.10. The van der Waals surface area contributed by atoms with Crippen molar-refractivity contribution in [2.45, 2.75) is 19.4 Å². The van der Waals surface area contributed by atoms with E-state index in [0.717, 1.165) is 5.56 Å². The third-order valence-electron chi connectivity index (χ3n) is 3.10. The number of nitrogens with one attached hydrogen (secondary N) is 2. The highest BCUT2D eigenvalue weighted by Crippen LogP contribution is 2.21. The maximum Gasteiger partial charge on any atom is 0.321 e. The molecule has 1 aromatic carbocycles. The van der Waals surface area contributed by atoms with Gasteiger partial charge in [0.25, 0.3) is 0 Å². The van der Waals surface area contributed by atoms with Crippen LogP contribution in [0.15, 0.2) is 40.9 Å². The minimum Gasteiger partial charge on any atom is -0.382 e. The fourth-order valence-corrected chi connectivity index (χ4v) is 2.11. The summed E-state index contributed by atoms with van der Waals surface area (Å²) in [7, 11) is 1.60. The van der Waals surface area contributed by atoms with Crippen LogP contribution < -0.4 is 10.6 Å². The Kier molecular flexibility index (Phi) is 4.59. The average Bonchev–Trinajstić information content (AvgIpc) is 2.85. The van der Waals surface area contributed by atoms with Crippen molar-refractivity contribution in [3.05, 3.63) is 47.7 Å². The fraction of sp³-hybridized carbons (Fsp3) is 0.333. The number of hydrogen-bond acceptors (Lipinski definition) is 4. The predicted octanol–water partition coefficient (Wildman–Crippen LogP) is 2.67. The molecule has 1 aromatic heterocycles. The van der Waals surface area contributed by atoms with Crippen LogP contribution in [0.1, 0.15) is 18.2 Å². The smallest absolute Gasteiger partial charge is 0.321 e. The highest BCUT2D eigenvalue weighted by Gasteiger charge is 2.28. The van der Waals surface area contributed by atoms with Crippen LogP contribution in [0.5, 0.6) is 0 Å². The van der Waals surface area contributed by atoms with Gasteiger partial charge in [0.1, 0.15) is 5.76 Å². The summed E-state index contributed by atoms with van der Waals surface area (Å²) in [5.41, 5.74) is 0.317. The summed E-state index contributed by atoms with van der Waals surface area (Å²) >= 11 is 0. The van der Waals surface area contributed by atoms with E-state index < -0.39 is 5.54 Å². The van der Waals surface area contributed by atoms with Gasteiger partial charge in [-0.05, 0) is 19.4 Å². The molecule has 0 spiro atoms. The van der Waals surface area contributed by atoms with E-state index in [1.807, 2.05) is 37.3 Å². The van der Waals surface area contributed by atoms with Crippen molar-refractivity contribution >= 4 is 11.8 Å². The van der Waals surface area contributed by atoms with Crippen molar-refractivity contribution in [3.63, 3.8) is 0 Å². The Morgan fingerprint density at radius 1 is 1.38 bits per heavy atom. The van der Waals surface area contributed by atoms with E-state index in [2.05, 4.69) is 15.8 Å². The van der Waals surface area contributed by atoms with E-state index in [-0.39, 0.29) is 6.03 Å². The molecule has 0 aliphatic heterocycles. The van der Waals surface area contributed by atoms with Gasteiger partial charge < -0.3 is 14.6 Å². The summed E-state index contributed by atoms with van der Waals surface area (Å²) in [6.45, 7) is 4.01. The molecular formula is C15H19N3O3. The Labute approximate surface area is 123 Å². The molecule has 21 heavy (non-hydrogen) atoms. The van der Waals surface area contributed by atoms with Crippen molar-refractivity contribution in [1.29, 1.82) is 0 Å². The predicted molar refractivity (Wildman–Crippen MR) is 79.1 cm³/mol. The molecule has 1 heterocycles. The lowest BCUT2D eigenvalue weighted by Crippen LogP contribution is -2.48. The first-order valence-corrected chi connectivity index (χ1v) is 6.60. The van der Waals surface area contributed by atoms with Gasteiger partial charge in [0.15, 0.2) is 5.82 Å². The molecule has 0 radical (unpaired) electrons. The first-order valence-electron chi connectivity index (χ1n) is 6.60. The van der Waals surface area contributed by atoms with E-state index in [9.17, 15) is 4.79 Å². The number of carbonyl (C=O) groups is 1.